The molecule has 0 saturated carbocycles. The highest BCUT2D eigenvalue weighted by Gasteiger charge is 2.46. The number of nitrogens with one attached hydrogen (secondary N) is 1. The minimum Gasteiger partial charge on any atom is -0.507 e. The van der Waals surface area contributed by atoms with Crippen molar-refractivity contribution in [2.45, 2.75) is 12.5 Å². The van der Waals surface area contributed by atoms with Gasteiger partial charge in [-0.05, 0) is 50.8 Å². The number of ketones is 1. The summed E-state index contributed by atoms with van der Waals surface area (Å²) in [6.07, 6.45) is 2.37. The highest BCUT2D eigenvalue weighted by atomic mass is 16.5. The van der Waals surface area contributed by atoms with Crippen LogP contribution in [0.25, 0.3) is 16.7 Å². The van der Waals surface area contributed by atoms with Crippen molar-refractivity contribution in [1.82, 2.24) is 14.8 Å². The number of aliphatic hydroxyl groups excluding tert-OH is 1. The van der Waals surface area contributed by atoms with E-state index in [2.05, 4.69) is 4.98 Å². The Morgan fingerprint density at radius 2 is 1.94 bits per heavy atom. The van der Waals surface area contributed by atoms with Gasteiger partial charge in [0.25, 0.3) is 11.7 Å². The Kier molecular flexibility index (Phi) is 6.01. The van der Waals surface area contributed by atoms with Crippen molar-refractivity contribution in [2.75, 3.05) is 34.3 Å². The van der Waals surface area contributed by atoms with E-state index >= 15 is 0 Å². The molecule has 1 atom stereocenters. The number of rotatable bonds is 7. The maximum absolute atomic E-state index is 13.2. The molecule has 2 aromatic carbocycles. The number of hydrogen-bond acceptors (Lipinski definition) is 5. The second kappa shape index (κ2) is 8.88. The van der Waals surface area contributed by atoms with E-state index in [1.54, 1.807) is 30.3 Å². The van der Waals surface area contributed by atoms with Crippen molar-refractivity contribution in [1.29, 1.82) is 0 Å². The van der Waals surface area contributed by atoms with Crippen LogP contribution in [0.3, 0.4) is 0 Å². The fraction of sp³-hybridized carbons (Fsp3) is 0.280. The van der Waals surface area contributed by atoms with Crippen LogP contribution < -0.4 is 4.74 Å². The molecule has 1 aromatic heterocycles. The molecule has 2 N–H and O–H groups in total. The first kappa shape index (κ1) is 21.6. The molecular formula is C25H27N3O4. The quantitative estimate of drug-likeness (QED) is 0.338. The van der Waals surface area contributed by atoms with Crippen molar-refractivity contribution in [3.63, 3.8) is 0 Å². The number of Topliss-reactive ketones (excluding diaryl/α,β-unsaturated/α-hetero) is 1. The minimum atomic E-state index is -0.694. The topological polar surface area (TPSA) is 85.9 Å². The van der Waals surface area contributed by atoms with Gasteiger partial charge in [0.1, 0.15) is 11.5 Å². The van der Waals surface area contributed by atoms with E-state index in [-0.39, 0.29) is 11.3 Å². The lowest BCUT2D eigenvalue weighted by molar-refractivity contribution is -0.139. The molecular weight excluding hydrogens is 406 g/mol. The molecule has 1 amide bonds. The van der Waals surface area contributed by atoms with Crippen LogP contribution in [0.1, 0.15) is 23.6 Å². The zero-order chi connectivity index (χ0) is 22.8. The number of aliphatic hydroxyl groups is 1. The summed E-state index contributed by atoms with van der Waals surface area (Å²) in [6.45, 7) is 1.17. The van der Waals surface area contributed by atoms with Crippen LogP contribution in [0.15, 0.2) is 60.3 Å². The lowest BCUT2D eigenvalue weighted by Crippen LogP contribution is -2.32. The number of amides is 1. The molecule has 166 valence electrons. The van der Waals surface area contributed by atoms with Crippen molar-refractivity contribution < 1.29 is 19.4 Å². The number of nitrogens with zero attached hydrogens (tertiary/aromatic N) is 2. The van der Waals surface area contributed by atoms with Crippen LogP contribution in [-0.4, -0.2) is 65.9 Å². The molecule has 3 aromatic rings. The predicted molar refractivity (Wildman–Crippen MR) is 123 cm³/mol. The number of hydrogen-bond donors (Lipinski definition) is 2. The van der Waals surface area contributed by atoms with E-state index in [0.29, 0.717) is 24.3 Å². The molecule has 7 nitrogen and oxygen atoms in total. The summed E-state index contributed by atoms with van der Waals surface area (Å²) in [5.74, 6) is -0.833. The number of fused-ring (bicyclic) bond motifs is 1. The zero-order valence-electron chi connectivity index (χ0n) is 18.5. The fourth-order valence-electron chi connectivity index (χ4n) is 4.24. The highest BCUT2D eigenvalue weighted by molar-refractivity contribution is 6.46. The summed E-state index contributed by atoms with van der Waals surface area (Å²) < 4.78 is 5.36. The molecule has 7 heteroatoms. The predicted octanol–water partition coefficient (Wildman–Crippen LogP) is 3.55. The number of likely N-dealkylation sites (tertiary alicyclic amines) is 1. The Bertz CT molecular complexity index is 1190. The summed E-state index contributed by atoms with van der Waals surface area (Å²) in [5, 5.41) is 12.1. The largest absolute Gasteiger partial charge is 0.507 e. The second-order valence-corrected chi connectivity index (χ2v) is 8.17. The van der Waals surface area contributed by atoms with E-state index < -0.39 is 17.7 Å². The molecule has 1 aliphatic rings. The van der Waals surface area contributed by atoms with Crippen LogP contribution in [0.2, 0.25) is 0 Å². The van der Waals surface area contributed by atoms with Gasteiger partial charge in [0.15, 0.2) is 0 Å². The van der Waals surface area contributed by atoms with Gasteiger partial charge in [0.05, 0.1) is 18.7 Å². The number of ether oxygens (including phenoxy) is 1. The maximum Gasteiger partial charge on any atom is 0.295 e. The Labute approximate surface area is 186 Å². The van der Waals surface area contributed by atoms with E-state index in [4.69, 9.17) is 4.74 Å². The summed E-state index contributed by atoms with van der Waals surface area (Å²) >= 11 is 0. The van der Waals surface area contributed by atoms with Gasteiger partial charge >= 0.3 is 0 Å². The first-order valence-corrected chi connectivity index (χ1v) is 10.6. The lowest BCUT2D eigenvalue weighted by atomic mass is 9.95. The molecule has 1 aliphatic heterocycles. The van der Waals surface area contributed by atoms with Crippen molar-refractivity contribution >= 4 is 28.4 Å². The molecule has 1 fully saturated rings. The van der Waals surface area contributed by atoms with Gasteiger partial charge in [-0.25, -0.2) is 0 Å². The van der Waals surface area contributed by atoms with E-state index in [9.17, 15) is 14.7 Å². The Balaban J connectivity index is 1.85. The molecule has 0 radical (unpaired) electrons. The van der Waals surface area contributed by atoms with Gasteiger partial charge in [0, 0.05) is 29.2 Å². The van der Waals surface area contributed by atoms with Crippen LogP contribution >= 0.6 is 0 Å². The minimum absolute atomic E-state index is 0.0952. The van der Waals surface area contributed by atoms with Gasteiger partial charge < -0.3 is 24.6 Å². The maximum atomic E-state index is 13.2. The van der Waals surface area contributed by atoms with Gasteiger partial charge in [-0.3, -0.25) is 9.59 Å². The number of aromatic nitrogens is 1. The van der Waals surface area contributed by atoms with Gasteiger partial charge in [-0.2, -0.15) is 0 Å². The summed E-state index contributed by atoms with van der Waals surface area (Å²) in [4.78, 5) is 32.9. The zero-order valence-corrected chi connectivity index (χ0v) is 18.5. The van der Waals surface area contributed by atoms with Gasteiger partial charge in [-0.1, -0.05) is 30.3 Å². The van der Waals surface area contributed by atoms with Crippen LogP contribution in [0.4, 0.5) is 0 Å². The molecule has 2 heterocycles. The van der Waals surface area contributed by atoms with E-state index in [1.807, 2.05) is 55.4 Å². The highest BCUT2D eigenvalue weighted by Crippen LogP contribution is 2.41. The average molecular weight is 434 g/mol. The Morgan fingerprint density at radius 1 is 1.16 bits per heavy atom. The monoisotopic (exact) mass is 433 g/mol. The first-order chi connectivity index (χ1) is 15.4. The molecule has 4 rings (SSSR count). The molecule has 1 unspecified atom stereocenters. The van der Waals surface area contributed by atoms with Crippen LogP contribution in [0.5, 0.6) is 5.75 Å². The first-order valence-electron chi connectivity index (χ1n) is 10.6. The number of benzene rings is 2. The second-order valence-electron chi connectivity index (χ2n) is 8.17. The fourth-order valence-corrected chi connectivity index (χ4v) is 4.24. The summed E-state index contributed by atoms with van der Waals surface area (Å²) in [5.41, 5.74) is 2.15. The van der Waals surface area contributed by atoms with Gasteiger partial charge in [0.2, 0.25) is 0 Å². The third kappa shape index (κ3) is 3.87. The van der Waals surface area contributed by atoms with Crippen molar-refractivity contribution in [3.05, 3.63) is 71.4 Å². The Morgan fingerprint density at radius 3 is 2.69 bits per heavy atom. The third-order valence-electron chi connectivity index (χ3n) is 5.80. The van der Waals surface area contributed by atoms with Crippen LogP contribution in [0, 0.1) is 0 Å². The molecule has 0 spiro atoms. The van der Waals surface area contributed by atoms with Crippen molar-refractivity contribution in [2.24, 2.45) is 0 Å². The number of methoxy groups -OCH3 is 1. The van der Waals surface area contributed by atoms with Crippen LogP contribution in [-0.2, 0) is 9.59 Å². The number of H-pyrrole nitrogens is 1. The molecule has 32 heavy (non-hydrogen) atoms. The third-order valence-corrected chi connectivity index (χ3v) is 5.80. The molecule has 1 saturated heterocycles. The number of para-hydroxylation sites is 1. The van der Waals surface area contributed by atoms with Gasteiger partial charge in [-0.15, -0.1) is 0 Å². The van der Waals surface area contributed by atoms with E-state index in [1.165, 1.54) is 0 Å². The number of carbonyl (C=O) groups is 2. The standard InChI is InChI=1S/C25H27N3O4/c1-27(2)12-7-13-28-22(16-8-6-9-17(14-16)32-3)21(24(30)25(28)31)23(29)19-15-26-20-11-5-4-10-18(19)20/h4-6,8-11,14-15,22,26,29H,7,12-13H2,1-3H3. The molecule has 0 aliphatic carbocycles. The number of carbonyl (C=O) groups excluding carboxylic acids is 2. The number of aromatic amines is 1. The van der Waals surface area contributed by atoms with Crippen molar-refractivity contribution in [3.8, 4) is 5.75 Å². The summed E-state index contributed by atoms with van der Waals surface area (Å²) in [6, 6.07) is 14.1. The smallest absolute Gasteiger partial charge is 0.295 e. The molecule has 0 bridgehead atoms. The van der Waals surface area contributed by atoms with E-state index in [0.717, 1.165) is 23.0 Å². The SMILES string of the molecule is COc1cccc(C2C(=C(O)c3c[nH]c4ccccc34)C(=O)C(=O)N2CCCN(C)C)c1. The Hall–Kier alpha value is -3.58. The normalized spacial score (nSPS) is 18.1. The summed E-state index contributed by atoms with van der Waals surface area (Å²) in [7, 11) is 5.49. The average Bonchev–Trinajstić information content (AvgIpc) is 3.33. The lowest BCUT2D eigenvalue weighted by Gasteiger charge is -2.26.